The van der Waals surface area contributed by atoms with Gasteiger partial charge in [0, 0.05) is 11.4 Å². The summed E-state index contributed by atoms with van der Waals surface area (Å²) in [4.78, 5) is 34.9. The van der Waals surface area contributed by atoms with Crippen molar-refractivity contribution >= 4 is 29.1 Å². The standard InChI is InChI=1S/C19H16N2O5/c22-16-10-9-15(20-13-7-3-1-5-11(13)18(23)24)17(16)21-14-8-4-2-6-12(14)19(25)26/h1-10,15,17,20-21H,(H,23,24)(H,25,26)/t15-,17-/m1/s1. The molecule has 7 nitrogen and oxygen atoms in total. The Morgan fingerprint density at radius 2 is 1.31 bits per heavy atom. The van der Waals surface area contributed by atoms with Crippen LogP contribution in [0.1, 0.15) is 20.7 Å². The number of para-hydroxylation sites is 2. The van der Waals surface area contributed by atoms with Crippen molar-refractivity contribution in [1.29, 1.82) is 0 Å². The van der Waals surface area contributed by atoms with Gasteiger partial charge in [-0.2, -0.15) is 0 Å². The van der Waals surface area contributed by atoms with Gasteiger partial charge in [-0.15, -0.1) is 0 Å². The molecule has 2 aromatic rings. The average Bonchev–Trinajstić information content (AvgIpc) is 2.95. The third-order valence-corrected chi connectivity index (χ3v) is 4.08. The van der Waals surface area contributed by atoms with Crippen molar-refractivity contribution in [2.75, 3.05) is 10.6 Å². The molecule has 1 aliphatic carbocycles. The fourth-order valence-corrected chi connectivity index (χ4v) is 2.82. The van der Waals surface area contributed by atoms with E-state index < -0.39 is 24.0 Å². The highest BCUT2D eigenvalue weighted by Gasteiger charge is 2.31. The second kappa shape index (κ2) is 7.10. The van der Waals surface area contributed by atoms with Crippen LogP contribution in [0.4, 0.5) is 11.4 Å². The van der Waals surface area contributed by atoms with Gasteiger partial charge in [0.15, 0.2) is 5.78 Å². The Morgan fingerprint density at radius 1 is 0.808 bits per heavy atom. The van der Waals surface area contributed by atoms with Crippen molar-refractivity contribution < 1.29 is 24.6 Å². The molecular weight excluding hydrogens is 336 g/mol. The number of carboxylic acids is 2. The minimum absolute atomic E-state index is 0.0527. The van der Waals surface area contributed by atoms with Crippen LogP contribution in [-0.2, 0) is 4.79 Å². The summed E-state index contributed by atoms with van der Waals surface area (Å²) in [7, 11) is 0. The lowest BCUT2D eigenvalue weighted by atomic mass is 10.1. The first kappa shape index (κ1) is 17.2. The van der Waals surface area contributed by atoms with Gasteiger partial charge in [0.1, 0.15) is 6.04 Å². The summed E-state index contributed by atoms with van der Waals surface area (Å²) in [5.41, 5.74) is 0.838. The number of hydrogen-bond donors (Lipinski definition) is 4. The molecule has 0 radical (unpaired) electrons. The van der Waals surface area contributed by atoms with Crippen LogP contribution in [0.15, 0.2) is 60.7 Å². The van der Waals surface area contributed by atoms with Crippen LogP contribution >= 0.6 is 0 Å². The molecule has 1 aliphatic rings. The number of nitrogens with one attached hydrogen (secondary N) is 2. The number of carboxylic acid groups (broad SMARTS) is 2. The Labute approximate surface area is 149 Å². The second-order valence-corrected chi connectivity index (χ2v) is 5.76. The topological polar surface area (TPSA) is 116 Å². The highest BCUT2D eigenvalue weighted by molar-refractivity contribution is 6.02. The molecule has 0 spiro atoms. The summed E-state index contributed by atoms with van der Waals surface area (Å²) in [6, 6.07) is 11.4. The summed E-state index contributed by atoms with van der Waals surface area (Å²) in [6.07, 6.45) is 3.02. The number of aromatic carboxylic acids is 2. The SMILES string of the molecule is O=C(O)c1ccccc1N[C@@H]1C=CC(=O)[C@@H]1Nc1ccccc1C(=O)O. The zero-order valence-electron chi connectivity index (χ0n) is 13.5. The van der Waals surface area contributed by atoms with E-state index in [9.17, 15) is 24.6 Å². The molecule has 132 valence electrons. The van der Waals surface area contributed by atoms with Gasteiger partial charge in [-0.05, 0) is 30.3 Å². The molecule has 2 atom stereocenters. The molecule has 0 saturated carbocycles. The van der Waals surface area contributed by atoms with Gasteiger partial charge in [-0.25, -0.2) is 9.59 Å². The van der Waals surface area contributed by atoms with Gasteiger partial charge in [0.05, 0.1) is 17.2 Å². The Kier molecular flexibility index (Phi) is 4.70. The van der Waals surface area contributed by atoms with E-state index in [2.05, 4.69) is 10.6 Å². The number of ketones is 1. The molecular formula is C19H16N2O5. The predicted octanol–water partition coefficient (Wildman–Crippen LogP) is 2.48. The molecule has 0 aromatic heterocycles. The number of carbonyl (C=O) groups is 3. The minimum Gasteiger partial charge on any atom is -0.478 e. The number of anilines is 2. The van der Waals surface area contributed by atoms with Crippen LogP contribution in [0, 0.1) is 0 Å². The second-order valence-electron chi connectivity index (χ2n) is 5.76. The molecule has 2 aromatic carbocycles. The molecule has 0 fully saturated rings. The van der Waals surface area contributed by atoms with E-state index in [1.807, 2.05) is 0 Å². The molecule has 4 N–H and O–H groups in total. The highest BCUT2D eigenvalue weighted by atomic mass is 16.4. The fraction of sp³-hybridized carbons (Fsp3) is 0.105. The number of hydrogen-bond acceptors (Lipinski definition) is 5. The molecule has 0 aliphatic heterocycles. The Bertz CT molecular complexity index is 906. The van der Waals surface area contributed by atoms with Crippen molar-refractivity contribution in [2.24, 2.45) is 0 Å². The van der Waals surface area contributed by atoms with Gasteiger partial charge in [-0.1, -0.05) is 30.3 Å². The maximum absolute atomic E-state index is 12.2. The maximum atomic E-state index is 12.2. The van der Waals surface area contributed by atoms with E-state index in [-0.39, 0.29) is 16.9 Å². The van der Waals surface area contributed by atoms with Crippen molar-refractivity contribution in [3.05, 3.63) is 71.8 Å². The van der Waals surface area contributed by atoms with Crippen LogP contribution in [-0.4, -0.2) is 40.0 Å². The maximum Gasteiger partial charge on any atom is 0.337 e. The van der Waals surface area contributed by atoms with Gasteiger partial charge in [-0.3, -0.25) is 4.79 Å². The van der Waals surface area contributed by atoms with Gasteiger partial charge >= 0.3 is 11.9 Å². The fourth-order valence-electron chi connectivity index (χ4n) is 2.82. The van der Waals surface area contributed by atoms with Crippen molar-refractivity contribution in [3.63, 3.8) is 0 Å². The van der Waals surface area contributed by atoms with E-state index in [1.165, 1.54) is 18.2 Å². The lowest BCUT2D eigenvalue weighted by Crippen LogP contribution is -2.40. The quantitative estimate of drug-likeness (QED) is 0.631. The Hall–Kier alpha value is -3.61. The van der Waals surface area contributed by atoms with E-state index in [4.69, 9.17) is 0 Å². The van der Waals surface area contributed by atoms with Crippen LogP contribution in [0.5, 0.6) is 0 Å². The largest absolute Gasteiger partial charge is 0.478 e. The van der Waals surface area contributed by atoms with E-state index in [0.29, 0.717) is 11.4 Å². The Balaban J connectivity index is 1.86. The summed E-state index contributed by atoms with van der Waals surface area (Å²) < 4.78 is 0. The molecule has 0 bridgehead atoms. The first-order valence-corrected chi connectivity index (χ1v) is 7.87. The smallest absolute Gasteiger partial charge is 0.337 e. The van der Waals surface area contributed by atoms with Crippen molar-refractivity contribution in [1.82, 2.24) is 0 Å². The minimum atomic E-state index is -1.10. The van der Waals surface area contributed by atoms with Crippen LogP contribution in [0.2, 0.25) is 0 Å². The zero-order chi connectivity index (χ0) is 18.7. The van der Waals surface area contributed by atoms with Crippen LogP contribution in [0.3, 0.4) is 0 Å². The third kappa shape index (κ3) is 3.41. The lowest BCUT2D eigenvalue weighted by Gasteiger charge is -2.24. The van der Waals surface area contributed by atoms with Crippen LogP contribution < -0.4 is 10.6 Å². The van der Waals surface area contributed by atoms with E-state index in [1.54, 1.807) is 42.5 Å². The molecule has 0 amide bonds. The van der Waals surface area contributed by atoms with Gasteiger partial charge < -0.3 is 20.8 Å². The molecule has 7 heteroatoms. The van der Waals surface area contributed by atoms with E-state index in [0.717, 1.165) is 0 Å². The first-order valence-electron chi connectivity index (χ1n) is 7.87. The normalized spacial score (nSPS) is 18.5. The zero-order valence-corrected chi connectivity index (χ0v) is 13.5. The summed E-state index contributed by atoms with van der Waals surface area (Å²) in [5.74, 6) is -2.41. The average molecular weight is 352 g/mol. The summed E-state index contributed by atoms with van der Waals surface area (Å²) in [6.45, 7) is 0. The number of benzene rings is 2. The molecule has 26 heavy (non-hydrogen) atoms. The number of rotatable bonds is 6. The summed E-state index contributed by atoms with van der Waals surface area (Å²) in [5, 5.41) is 24.6. The molecule has 0 unspecified atom stereocenters. The van der Waals surface area contributed by atoms with Crippen molar-refractivity contribution in [3.8, 4) is 0 Å². The number of carbonyl (C=O) groups excluding carboxylic acids is 1. The first-order chi connectivity index (χ1) is 12.5. The molecule has 3 rings (SSSR count). The Morgan fingerprint density at radius 3 is 1.85 bits per heavy atom. The lowest BCUT2D eigenvalue weighted by molar-refractivity contribution is -0.114. The third-order valence-electron chi connectivity index (χ3n) is 4.08. The van der Waals surface area contributed by atoms with Crippen LogP contribution in [0.25, 0.3) is 0 Å². The highest BCUT2D eigenvalue weighted by Crippen LogP contribution is 2.24. The van der Waals surface area contributed by atoms with Gasteiger partial charge in [0.25, 0.3) is 0 Å². The van der Waals surface area contributed by atoms with Gasteiger partial charge in [0.2, 0.25) is 0 Å². The summed E-state index contributed by atoms with van der Waals surface area (Å²) >= 11 is 0. The van der Waals surface area contributed by atoms with Crippen molar-refractivity contribution in [2.45, 2.75) is 12.1 Å². The predicted molar refractivity (Wildman–Crippen MR) is 95.8 cm³/mol. The monoisotopic (exact) mass is 352 g/mol. The molecule has 0 heterocycles. The molecule has 0 saturated heterocycles. The van der Waals surface area contributed by atoms with E-state index >= 15 is 0 Å².